The van der Waals surface area contributed by atoms with Crippen LogP contribution in [-0.2, 0) is 30.3 Å². The number of cyclic esters (lactones) is 1. The number of hydrogen-bond acceptors (Lipinski definition) is 9. The minimum absolute atomic E-state index is 0.0549. The van der Waals surface area contributed by atoms with E-state index < -0.39 is 30.1 Å². The van der Waals surface area contributed by atoms with Crippen molar-refractivity contribution in [3.63, 3.8) is 0 Å². The van der Waals surface area contributed by atoms with Crippen molar-refractivity contribution in [3.05, 3.63) is 107 Å². The van der Waals surface area contributed by atoms with Crippen LogP contribution in [-0.4, -0.2) is 70.2 Å². The Bertz CT molecular complexity index is 1920. The Labute approximate surface area is 284 Å². The van der Waals surface area contributed by atoms with Gasteiger partial charge in [0.1, 0.15) is 28.7 Å². The van der Waals surface area contributed by atoms with E-state index in [2.05, 4.69) is 15.2 Å². The highest BCUT2D eigenvalue weighted by Gasteiger charge is 2.36. The first-order valence-corrected chi connectivity index (χ1v) is 15.4. The Morgan fingerprint density at radius 3 is 2.12 bits per heavy atom. The van der Waals surface area contributed by atoms with Crippen LogP contribution in [0.4, 0.5) is 0 Å². The van der Waals surface area contributed by atoms with E-state index in [0.29, 0.717) is 46.3 Å². The minimum atomic E-state index is -1.30. The van der Waals surface area contributed by atoms with Gasteiger partial charge >= 0.3 is 5.97 Å². The Balaban J connectivity index is 1.49. The number of rotatable bonds is 13. The van der Waals surface area contributed by atoms with Crippen molar-refractivity contribution in [1.82, 2.24) is 15.2 Å². The average Bonchev–Trinajstić information content (AvgIpc) is 3.63. The lowest BCUT2D eigenvalue weighted by Crippen LogP contribution is -2.54. The molecule has 5 rings (SSSR count). The molecule has 2 heterocycles. The van der Waals surface area contributed by atoms with Crippen LogP contribution < -0.4 is 24.8 Å². The number of allylic oxidation sites excluding steroid dienone is 2. The monoisotopic (exact) mass is 669 g/mol. The van der Waals surface area contributed by atoms with Crippen LogP contribution in [0.5, 0.6) is 17.2 Å². The molecule has 0 spiro atoms. The number of nitrogens with one attached hydrogen (secondary N) is 2. The molecule has 0 saturated carbocycles. The summed E-state index contributed by atoms with van der Waals surface area (Å²) < 4.78 is 35.3. The fraction of sp³-hybridized carbons (Fsp3) is 0.270. The zero-order valence-corrected chi connectivity index (χ0v) is 28.4. The molecule has 256 valence electrons. The van der Waals surface area contributed by atoms with Gasteiger partial charge in [-0.1, -0.05) is 36.4 Å². The van der Waals surface area contributed by atoms with Gasteiger partial charge in [0, 0.05) is 65.7 Å². The highest BCUT2D eigenvalue weighted by Crippen LogP contribution is 2.38. The van der Waals surface area contributed by atoms with Crippen LogP contribution in [0.3, 0.4) is 0 Å². The average molecular weight is 670 g/mol. The van der Waals surface area contributed by atoms with Crippen molar-refractivity contribution < 1.29 is 42.8 Å². The predicted molar refractivity (Wildman–Crippen MR) is 182 cm³/mol. The fourth-order valence-electron chi connectivity index (χ4n) is 5.83. The maximum absolute atomic E-state index is 13.6. The van der Waals surface area contributed by atoms with Gasteiger partial charge in [0.2, 0.25) is 0 Å². The van der Waals surface area contributed by atoms with E-state index in [1.165, 1.54) is 14.2 Å². The summed E-state index contributed by atoms with van der Waals surface area (Å²) in [6.45, 7) is 3.95. The summed E-state index contributed by atoms with van der Waals surface area (Å²) in [6, 6.07) is 18.6. The molecule has 12 heteroatoms. The lowest BCUT2D eigenvalue weighted by Gasteiger charge is -2.25. The number of carbonyl (C=O) groups excluding carboxylic acids is 3. The van der Waals surface area contributed by atoms with Crippen LogP contribution in [0.1, 0.15) is 35.3 Å². The first kappa shape index (κ1) is 34.7. The second kappa shape index (κ2) is 15.1. The number of para-hydroxylation sites is 1. The Kier molecular flexibility index (Phi) is 10.7. The van der Waals surface area contributed by atoms with Crippen LogP contribution in [0, 0.1) is 0 Å². The number of carbonyl (C=O) groups is 3. The normalized spacial score (nSPS) is 14.5. The van der Waals surface area contributed by atoms with Crippen molar-refractivity contribution in [2.45, 2.75) is 32.7 Å². The molecule has 0 bridgehead atoms. The van der Waals surface area contributed by atoms with Crippen LogP contribution in [0.2, 0.25) is 0 Å². The molecule has 1 aliphatic heterocycles. The summed E-state index contributed by atoms with van der Waals surface area (Å²) in [5, 5.41) is 6.22. The maximum Gasteiger partial charge on any atom is 0.360 e. The number of benzene rings is 3. The highest BCUT2D eigenvalue weighted by atomic mass is 16.7. The maximum atomic E-state index is 13.6. The van der Waals surface area contributed by atoms with E-state index in [4.69, 9.17) is 28.4 Å². The molecule has 1 atom stereocenters. The molecular formula is C37H39N3O9. The standard InChI is InChI=1S/C37H39N3O9/c1-21(26-19-40(28-16-12-11-15-25(26)28)20-27-29(45-4)17-24(44-3)18-30(27)46-5)33-22(2)31(36(43)49-33)38-35(42)32(37(47-6)48-7)39-34(41)23-13-9-8-10-14-23/h8-19,32,37H,20H2,1-7H3,(H,38,42)(H,39,41)/b33-21-/t32-/m0/s1. The molecule has 2 amide bonds. The van der Waals surface area contributed by atoms with E-state index in [-0.39, 0.29) is 5.70 Å². The number of esters is 1. The molecule has 1 aromatic heterocycles. The molecule has 0 fully saturated rings. The second-order valence-corrected chi connectivity index (χ2v) is 11.2. The molecule has 0 saturated heterocycles. The molecule has 4 aromatic rings. The summed E-state index contributed by atoms with van der Waals surface area (Å²) in [5.74, 6) is 0.154. The number of nitrogens with zero attached hydrogens (tertiary/aromatic N) is 1. The van der Waals surface area contributed by atoms with Crippen molar-refractivity contribution in [3.8, 4) is 17.2 Å². The van der Waals surface area contributed by atoms with Crippen molar-refractivity contribution in [2.75, 3.05) is 35.5 Å². The molecule has 3 aromatic carbocycles. The molecule has 0 unspecified atom stereocenters. The smallest absolute Gasteiger partial charge is 0.360 e. The first-order valence-electron chi connectivity index (χ1n) is 15.4. The third-order valence-electron chi connectivity index (χ3n) is 8.38. The molecule has 0 aliphatic carbocycles. The van der Waals surface area contributed by atoms with Crippen LogP contribution in [0.15, 0.2) is 90.0 Å². The zero-order valence-electron chi connectivity index (χ0n) is 28.4. The van der Waals surface area contributed by atoms with Gasteiger partial charge in [0.25, 0.3) is 11.8 Å². The SMILES string of the molecule is COc1cc(OC)c(Cn2cc(/C(C)=C3\OC(=O)C(NC(=O)[C@H](NC(=O)c4ccccc4)C(OC)OC)=C3C)c3ccccc32)c(OC)c1. The Morgan fingerprint density at radius 2 is 1.51 bits per heavy atom. The molecule has 1 aliphatic rings. The van der Waals surface area contributed by atoms with Crippen molar-refractivity contribution in [2.24, 2.45) is 0 Å². The quantitative estimate of drug-likeness (QED) is 0.152. The first-order chi connectivity index (χ1) is 23.6. The van der Waals surface area contributed by atoms with Gasteiger partial charge < -0.3 is 43.6 Å². The van der Waals surface area contributed by atoms with Crippen molar-refractivity contribution >= 4 is 34.3 Å². The summed E-state index contributed by atoms with van der Waals surface area (Å²) in [7, 11) is 7.46. The van der Waals surface area contributed by atoms with E-state index >= 15 is 0 Å². The lowest BCUT2D eigenvalue weighted by atomic mass is 10.0. The van der Waals surface area contributed by atoms with Crippen molar-refractivity contribution in [1.29, 1.82) is 0 Å². The minimum Gasteiger partial charge on any atom is -0.496 e. The molecule has 0 radical (unpaired) electrons. The number of aromatic nitrogens is 1. The van der Waals surface area contributed by atoms with Gasteiger partial charge in [-0.05, 0) is 32.0 Å². The molecular weight excluding hydrogens is 630 g/mol. The van der Waals surface area contributed by atoms with Gasteiger partial charge in [-0.25, -0.2) is 4.79 Å². The summed E-state index contributed by atoms with van der Waals surface area (Å²) in [6.07, 6.45) is 0.835. The summed E-state index contributed by atoms with van der Waals surface area (Å²) >= 11 is 0. The molecule has 2 N–H and O–H groups in total. The highest BCUT2D eigenvalue weighted by molar-refractivity contribution is 6.03. The number of methoxy groups -OCH3 is 5. The topological polar surface area (TPSA) is 136 Å². The van der Waals surface area contributed by atoms with Crippen LogP contribution in [0.25, 0.3) is 16.5 Å². The van der Waals surface area contributed by atoms with Gasteiger partial charge in [0.05, 0.1) is 33.4 Å². The van der Waals surface area contributed by atoms with E-state index in [9.17, 15) is 14.4 Å². The molecule has 49 heavy (non-hydrogen) atoms. The van der Waals surface area contributed by atoms with E-state index in [1.54, 1.807) is 70.7 Å². The predicted octanol–water partition coefficient (Wildman–Crippen LogP) is 4.81. The molecule has 12 nitrogen and oxygen atoms in total. The van der Waals surface area contributed by atoms with Gasteiger partial charge in [-0.2, -0.15) is 0 Å². The summed E-state index contributed by atoms with van der Waals surface area (Å²) in [5.41, 5.74) is 3.95. The third kappa shape index (κ3) is 7.01. The lowest BCUT2D eigenvalue weighted by molar-refractivity contribution is -0.148. The zero-order chi connectivity index (χ0) is 35.2. The van der Waals surface area contributed by atoms with Gasteiger partial charge in [-0.15, -0.1) is 0 Å². The Morgan fingerprint density at radius 1 is 0.878 bits per heavy atom. The number of fused-ring (bicyclic) bond motifs is 1. The van der Waals surface area contributed by atoms with E-state index in [1.807, 2.05) is 37.4 Å². The Hall–Kier alpha value is -5.59. The number of hydrogen-bond donors (Lipinski definition) is 2. The van der Waals surface area contributed by atoms with Gasteiger partial charge in [-0.3, -0.25) is 9.59 Å². The largest absolute Gasteiger partial charge is 0.496 e. The number of amides is 2. The fourth-order valence-corrected chi connectivity index (χ4v) is 5.83. The van der Waals surface area contributed by atoms with E-state index in [0.717, 1.165) is 22.0 Å². The second-order valence-electron chi connectivity index (χ2n) is 11.2. The number of ether oxygens (including phenoxy) is 6. The van der Waals surface area contributed by atoms with Gasteiger partial charge in [0.15, 0.2) is 12.3 Å². The van der Waals surface area contributed by atoms with Crippen LogP contribution >= 0.6 is 0 Å². The third-order valence-corrected chi connectivity index (χ3v) is 8.38. The summed E-state index contributed by atoms with van der Waals surface area (Å²) in [4.78, 5) is 39.8.